The Morgan fingerprint density at radius 2 is 1.87 bits per heavy atom. The van der Waals surface area contributed by atoms with Crippen molar-refractivity contribution in [2.24, 2.45) is 4.99 Å². The van der Waals surface area contributed by atoms with E-state index < -0.39 is 0 Å². The first kappa shape index (κ1) is 23.8. The number of benzene rings is 1. The average Bonchev–Trinajstić information content (AvgIpc) is 2.76. The second kappa shape index (κ2) is 12.3. The van der Waals surface area contributed by atoms with Crippen molar-refractivity contribution in [1.82, 2.24) is 20.2 Å². The summed E-state index contributed by atoms with van der Waals surface area (Å²) in [5.74, 6) is 1.70. The van der Waals surface area contributed by atoms with Gasteiger partial charge in [-0.05, 0) is 30.2 Å². The molecule has 0 spiro atoms. The summed E-state index contributed by atoms with van der Waals surface area (Å²) >= 11 is 0. The van der Waals surface area contributed by atoms with E-state index in [-0.39, 0.29) is 29.9 Å². The monoisotopic (exact) mass is 523 g/mol. The summed E-state index contributed by atoms with van der Waals surface area (Å²) in [4.78, 5) is 29.3. The van der Waals surface area contributed by atoms with Crippen LogP contribution in [0.25, 0.3) is 0 Å². The standard InChI is InChI=1S/C21H29N7O.HI/c1-3-6-19(29)26-18-8-4-7-17(15-18)16-25-20(22-2)27-11-13-28(14-12-27)21-23-9-5-10-24-21;/h4-5,7-10,15H,3,6,11-14,16H2,1-2H3,(H,22,25)(H,26,29);1H. The highest BCUT2D eigenvalue weighted by molar-refractivity contribution is 14.0. The molecule has 9 heteroatoms. The lowest BCUT2D eigenvalue weighted by Gasteiger charge is -2.36. The number of halogens is 1. The number of hydrogen-bond acceptors (Lipinski definition) is 5. The number of nitrogens with one attached hydrogen (secondary N) is 2. The molecule has 0 atom stereocenters. The number of piperazine rings is 1. The van der Waals surface area contributed by atoms with E-state index in [2.05, 4.69) is 35.4 Å². The number of carbonyl (C=O) groups excluding carboxylic acids is 1. The smallest absolute Gasteiger partial charge is 0.225 e. The fraction of sp³-hybridized carbons (Fsp3) is 0.429. The van der Waals surface area contributed by atoms with Crippen molar-refractivity contribution >= 4 is 47.5 Å². The van der Waals surface area contributed by atoms with Gasteiger partial charge in [0, 0.05) is 64.3 Å². The Labute approximate surface area is 195 Å². The number of hydrogen-bond donors (Lipinski definition) is 2. The third-order valence-electron chi connectivity index (χ3n) is 4.76. The van der Waals surface area contributed by atoms with Crippen LogP contribution in [0.5, 0.6) is 0 Å². The van der Waals surface area contributed by atoms with E-state index in [4.69, 9.17) is 0 Å². The Kier molecular flexibility index (Phi) is 9.78. The van der Waals surface area contributed by atoms with Gasteiger partial charge in [-0.2, -0.15) is 0 Å². The first-order valence-electron chi connectivity index (χ1n) is 10.1. The molecule has 1 aliphatic rings. The number of aromatic nitrogens is 2. The van der Waals surface area contributed by atoms with Crippen LogP contribution >= 0.6 is 24.0 Å². The molecule has 3 rings (SSSR count). The van der Waals surface area contributed by atoms with Crippen molar-refractivity contribution in [3.63, 3.8) is 0 Å². The molecule has 0 aliphatic carbocycles. The summed E-state index contributed by atoms with van der Waals surface area (Å²) in [5.41, 5.74) is 1.92. The maximum absolute atomic E-state index is 11.8. The van der Waals surface area contributed by atoms with Crippen molar-refractivity contribution in [3.8, 4) is 0 Å². The van der Waals surface area contributed by atoms with Crippen LogP contribution in [0.15, 0.2) is 47.7 Å². The van der Waals surface area contributed by atoms with E-state index in [1.807, 2.05) is 37.3 Å². The lowest BCUT2D eigenvalue weighted by Crippen LogP contribution is -2.52. The van der Waals surface area contributed by atoms with Crippen LogP contribution in [0.3, 0.4) is 0 Å². The number of aliphatic imine (C=N–C) groups is 1. The highest BCUT2D eigenvalue weighted by Gasteiger charge is 2.21. The topological polar surface area (TPSA) is 85.8 Å². The third kappa shape index (κ3) is 6.82. The van der Waals surface area contributed by atoms with Crippen molar-refractivity contribution < 1.29 is 4.79 Å². The van der Waals surface area contributed by atoms with Crippen LogP contribution in [0.2, 0.25) is 0 Å². The molecular weight excluding hydrogens is 493 g/mol. The second-order valence-electron chi connectivity index (χ2n) is 6.92. The molecule has 1 aromatic carbocycles. The van der Waals surface area contributed by atoms with Gasteiger partial charge in [0.25, 0.3) is 0 Å². The normalized spacial score (nSPS) is 14.1. The van der Waals surface area contributed by atoms with Gasteiger partial charge in [-0.15, -0.1) is 24.0 Å². The number of nitrogens with zero attached hydrogens (tertiary/aromatic N) is 5. The summed E-state index contributed by atoms with van der Waals surface area (Å²) in [6.45, 7) is 6.05. The Morgan fingerprint density at radius 1 is 1.13 bits per heavy atom. The van der Waals surface area contributed by atoms with Crippen LogP contribution in [0, 0.1) is 0 Å². The van der Waals surface area contributed by atoms with Crippen LogP contribution < -0.4 is 15.5 Å². The molecular formula is C21H30IN7O. The summed E-state index contributed by atoms with van der Waals surface area (Å²) in [6, 6.07) is 9.74. The van der Waals surface area contributed by atoms with Gasteiger partial charge in [-0.3, -0.25) is 9.79 Å². The van der Waals surface area contributed by atoms with Crippen molar-refractivity contribution in [3.05, 3.63) is 48.3 Å². The zero-order valence-corrected chi connectivity index (χ0v) is 19.9. The van der Waals surface area contributed by atoms with E-state index in [1.54, 1.807) is 19.4 Å². The van der Waals surface area contributed by atoms with E-state index in [0.29, 0.717) is 13.0 Å². The molecule has 0 unspecified atom stereocenters. The molecule has 1 amide bonds. The van der Waals surface area contributed by atoms with Crippen LogP contribution in [0.4, 0.5) is 11.6 Å². The van der Waals surface area contributed by atoms with Gasteiger partial charge in [0.15, 0.2) is 5.96 Å². The molecule has 2 heterocycles. The molecule has 0 bridgehead atoms. The number of rotatable bonds is 6. The van der Waals surface area contributed by atoms with Crippen LogP contribution in [-0.2, 0) is 11.3 Å². The largest absolute Gasteiger partial charge is 0.352 e. The maximum Gasteiger partial charge on any atom is 0.225 e. The number of carbonyl (C=O) groups is 1. The molecule has 2 aromatic rings. The Hall–Kier alpha value is -2.43. The van der Waals surface area contributed by atoms with Gasteiger partial charge in [0.05, 0.1) is 0 Å². The lowest BCUT2D eigenvalue weighted by molar-refractivity contribution is -0.116. The molecule has 30 heavy (non-hydrogen) atoms. The maximum atomic E-state index is 11.8. The SMILES string of the molecule is CCCC(=O)Nc1cccc(CNC(=NC)N2CCN(c3ncccn3)CC2)c1.I. The predicted molar refractivity (Wildman–Crippen MR) is 131 cm³/mol. The second-order valence-corrected chi connectivity index (χ2v) is 6.92. The first-order chi connectivity index (χ1) is 14.2. The van der Waals surface area contributed by atoms with E-state index in [0.717, 1.165) is 55.8 Å². The third-order valence-corrected chi connectivity index (χ3v) is 4.76. The lowest BCUT2D eigenvalue weighted by atomic mass is 10.2. The van der Waals surface area contributed by atoms with Gasteiger partial charge in [-0.1, -0.05) is 19.1 Å². The minimum atomic E-state index is 0. The quantitative estimate of drug-likeness (QED) is 0.344. The zero-order chi connectivity index (χ0) is 20.5. The number of amides is 1. The minimum Gasteiger partial charge on any atom is -0.352 e. The highest BCUT2D eigenvalue weighted by Crippen LogP contribution is 2.13. The van der Waals surface area contributed by atoms with Gasteiger partial charge in [0.2, 0.25) is 11.9 Å². The van der Waals surface area contributed by atoms with E-state index in [9.17, 15) is 4.79 Å². The fourth-order valence-corrected chi connectivity index (χ4v) is 3.30. The molecule has 8 nitrogen and oxygen atoms in total. The molecule has 1 saturated heterocycles. The summed E-state index contributed by atoms with van der Waals surface area (Å²) in [5, 5.41) is 6.37. The molecule has 2 N–H and O–H groups in total. The summed E-state index contributed by atoms with van der Waals surface area (Å²) < 4.78 is 0. The fourth-order valence-electron chi connectivity index (χ4n) is 3.30. The Balaban J connectivity index is 0.00000320. The van der Waals surface area contributed by atoms with Gasteiger partial charge in [-0.25, -0.2) is 9.97 Å². The number of guanidine groups is 1. The van der Waals surface area contributed by atoms with E-state index in [1.165, 1.54) is 0 Å². The van der Waals surface area contributed by atoms with Gasteiger partial charge < -0.3 is 20.4 Å². The zero-order valence-electron chi connectivity index (χ0n) is 17.5. The van der Waals surface area contributed by atoms with Crippen LogP contribution in [0.1, 0.15) is 25.3 Å². The molecule has 1 fully saturated rings. The molecule has 1 aromatic heterocycles. The summed E-state index contributed by atoms with van der Waals surface area (Å²) in [6.07, 6.45) is 4.92. The molecule has 0 radical (unpaired) electrons. The van der Waals surface area contributed by atoms with Gasteiger partial charge >= 0.3 is 0 Å². The van der Waals surface area contributed by atoms with Crippen molar-refractivity contribution in [2.45, 2.75) is 26.3 Å². The Morgan fingerprint density at radius 3 is 2.53 bits per heavy atom. The number of anilines is 2. The van der Waals surface area contributed by atoms with Gasteiger partial charge in [0.1, 0.15) is 0 Å². The van der Waals surface area contributed by atoms with Crippen LogP contribution in [-0.4, -0.2) is 60.0 Å². The van der Waals surface area contributed by atoms with E-state index >= 15 is 0 Å². The Bertz CT molecular complexity index is 823. The molecule has 0 saturated carbocycles. The van der Waals surface area contributed by atoms with Crippen molar-refractivity contribution in [2.75, 3.05) is 43.4 Å². The predicted octanol–water partition coefficient (Wildman–Crippen LogP) is 2.73. The first-order valence-corrected chi connectivity index (χ1v) is 10.1. The highest BCUT2D eigenvalue weighted by atomic mass is 127. The molecule has 1 aliphatic heterocycles. The molecule has 162 valence electrons. The average molecular weight is 523 g/mol. The minimum absolute atomic E-state index is 0. The summed E-state index contributed by atoms with van der Waals surface area (Å²) in [7, 11) is 1.80. The van der Waals surface area contributed by atoms with Crippen molar-refractivity contribution in [1.29, 1.82) is 0 Å².